The third-order valence-electron chi connectivity index (χ3n) is 4.87. The summed E-state index contributed by atoms with van der Waals surface area (Å²) in [5.74, 6) is -0.416. The predicted octanol–water partition coefficient (Wildman–Crippen LogP) is 2.34. The van der Waals surface area contributed by atoms with E-state index < -0.39 is 13.1 Å². The van der Waals surface area contributed by atoms with Crippen molar-refractivity contribution in [1.82, 2.24) is 5.32 Å². The van der Waals surface area contributed by atoms with E-state index >= 15 is 0 Å². The standard InChI is InChI=1S/C21H24BNO5/c1-13-4-5-14(2)21-20(13)16(12-28-21)11-18(22(25)26)23-19(24)10-15-6-8-17(27-3)9-7-15/h4-9,12,18,25-26H,10-11H2,1-3H3,(H,23,24). The van der Waals surface area contributed by atoms with E-state index in [1.807, 2.05) is 26.0 Å². The molecule has 1 heterocycles. The first-order chi connectivity index (χ1) is 13.4. The van der Waals surface area contributed by atoms with Crippen LogP contribution in [-0.2, 0) is 17.6 Å². The van der Waals surface area contributed by atoms with Gasteiger partial charge in [0, 0.05) is 5.39 Å². The molecule has 1 aromatic heterocycles. The van der Waals surface area contributed by atoms with Crippen molar-refractivity contribution in [1.29, 1.82) is 0 Å². The van der Waals surface area contributed by atoms with Gasteiger partial charge in [0.15, 0.2) is 0 Å². The molecule has 3 aromatic rings. The molecule has 3 rings (SSSR count). The van der Waals surface area contributed by atoms with Crippen molar-refractivity contribution < 1.29 is 24.0 Å². The highest BCUT2D eigenvalue weighted by Gasteiger charge is 2.27. The van der Waals surface area contributed by atoms with Crippen molar-refractivity contribution in [3.63, 3.8) is 0 Å². The Morgan fingerprint density at radius 3 is 2.46 bits per heavy atom. The van der Waals surface area contributed by atoms with Gasteiger partial charge >= 0.3 is 7.12 Å². The van der Waals surface area contributed by atoms with Gasteiger partial charge in [0.05, 0.1) is 25.7 Å². The Labute approximate surface area is 164 Å². The number of furan rings is 1. The van der Waals surface area contributed by atoms with Crippen molar-refractivity contribution in [2.24, 2.45) is 0 Å². The Balaban J connectivity index is 1.73. The van der Waals surface area contributed by atoms with Crippen LogP contribution in [0.15, 0.2) is 47.1 Å². The van der Waals surface area contributed by atoms with Crippen molar-refractivity contribution in [3.8, 4) is 5.75 Å². The van der Waals surface area contributed by atoms with Crippen LogP contribution in [0.4, 0.5) is 0 Å². The summed E-state index contributed by atoms with van der Waals surface area (Å²) in [6.45, 7) is 3.94. The summed E-state index contributed by atoms with van der Waals surface area (Å²) < 4.78 is 10.8. The minimum Gasteiger partial charge on any atom is -0.497 e. The largest absolute Gasteiger partial charge is 0.497 e. The van der Waals surface area contributed by atoms with Gasteiger partial charge < -0.3 is 24.5 Å². The van der Waals surface area contributed by atoms with Crippen molar-refractivity contribution in [2.75, 3.05) is 7.11 Å². The van der Waals surface area contributed by atoms with Crippen LogP contribution in [0.5, 0.6) is 5.75 Å². The summed E-state index contributed by atoms with van der Waals surface area (Å²) in [4.78, 5) is 12.4. The lowest BCUT2D eigenvalue weighted by Gasteiger charge is -2.17. The SMILES string of the molecule is COc1ccc(CC(=O)NC(Cc2coc3c(C)ccc(C)c23)B(O)O)cc1. The number of aryl methyl sites for hydroxylation is 2. The van der Waals surface area contributed by atoms with Gasteiger partial charge in [-0.2, -0.15) is 0 Å². The fourth-order valence-corrected chi connectivity index (χ4v) is 3.33. The molecule has 0 fully saturated rings. The van der Waals surface area contributed by atoms with Gasteiger partial charge in [0.1, 0.15) is 11.3 Å². The van der Waals surface area contributed by atoms with Gasteiger partial charge in [-0.25, -0.2) is 0 Å². The number of benzene rings is 2. The number of hydrogen-bond donors (Lipinski definition) is 3. The van der Waals surface area contributed by atoms with Gasteiger partial charge in [-0.15, -0.1) is 0 Å². The summed E-state index contributed by atoms with van der Waals surface area (Å²) in [6, 6.07) is 11.2. The van der Waals surface area contributed by atoms with E-state index in [4.69, 9.17) is 9.15 Å². The number of carbonyl (C=O) groups excluding carboxylic acids is 1. The number of methoxy groups -OCH3 is 1. The van der Waals surface area contributed by atoms with Gasteiger partial charge in [0.2, 0.25) is 5.91 Å². The number of carbonyl (C=O) groups is 1. The zero-order valence-corrected chi connectivity index (χ0v) is 16.2. The molecule has 1 atom stereocenters. The molecule has 0 radical (unpaired) electrons. The number of ether oxygens (including phenoxy) is 1. The lowest BCUT2D eigenvalue weighted by Crippen LogP contribution is -2.48. The first-order valence-electron chi connectivity index (χ1n) is 9.13. The Kier molecular flexibility index (Phi) is 6.07. The molecule has 146 valence electrons. The van der Waals surface area contributed by atoms with Crippen LogP contribution in [0, 0.1) is 13.8 Å². The quantitative estimate of drug-likeness (QED) is 0.547. The maximum Gasteiger partial charge on any atom is 0.475 e. The Morgan fingerprint density at radius 1 is 1.14 bits per heavy atom. The van der Waals surface area contributed by atoms with Gasteiger partial charge in [-0.3, -0.25) is 4.79 Å². The number of nitrogens with one attached hydrogen (secondary N) is 1. The zero-order valence-electron chi connectivity index (χ0n) is 16.2. The molecule has 1 amide bonds. The molecule has 0 aliphatic heterocycles. The smallest absolute Gasteiger partial charge is 0.475 e. The van der Waals surface area contributed by atoms with Crippen molar-refractivity contribution in [2.45, 2.75) is 32.6 Å². The molecule has 0 saturated heterocycles. The van der Waals surface area contributed by atoms with Crippen LogP contribution in [0.1, 0.15) is 22.3 Å². The average Bonchev–Trinajstić information content (AvgIpc) is 3.10. The molecule has 1 unspecified atom stereocenters. The highest BCUT2D eigenvalue weighted by molar-refractivity contribution is 6.43. The van der Waals surface area contributed by atoms with E-state index in [2.05, 4.69) is 5.32 Å². The fraction of sp³-hybridized carbons (Fsp3) is 0.286. The fourth-order valence-electron chi connectivity index (χ4n) is 3.33. The molecule has 7 heteroatoms. The molecule has 0 aliphatic carbocycles. The van der Waals surface area contributed by atoms with Gasteiger partial charge in [0.25, 0.3) is 0 Å². The zero-order chi connectivity index (χ0) is 20.3. The van der Waals surface area contributed by atoms with Crippen LogP contribution in [0.25, 0.3) is 11.0 Å². The van der Waals surface area contributed by atoms with E-state index in [9.17, 15) is 14.8 Å². The number of hydrogen-bond acceptors (Lipinski definition) is 5. The highest BCUT2D eigenvalue weighted by atomic mass is 16.5. The summed E-state index contributed by atoms with van der Waals surface area (Å²) in [5.41, 5.74) is 4.48. The minimum atomic E-state index is -1.69. The van der Waals surface area contributed by atoms with Gasteiger partial charge in [-0.1, -0.05) is 24.3 Å². The van der Waals surface area contributed by atoms with Crippen LogP contribution in [0.3, 0.4) is 0 Å². The van der Waals surface area contributed by atoms with Crippen LogP contribution in [-0.4, -0.2) is 36.1 Å². The Hall–Kier alpha value is -2.77. The van der Waals surface area contributed by atoms with Gasteiger partial charge in [-0.05, 0) is 54.7 Å². The number of fused-ring (bicyclic) bond motifs is 1. The molecular formula is C21H24BNO5. The molecule has 2 aromatic carbocycles. The Bertz CT molecular complexity index is 965. The second-order valence-corrected chi connectivity index (χ2v) is 6.98. The lowest BCUT2D eigenvalue weighted by atomic mass is 9.75. The molecule has 0 aliphatic rings. The number of amides is 1. The normalized spacial score (nSPS) is 12.0. The van der Waals surface area contributed by atoms with E-state index in [0.29, 0.717) is 5.75 Å². The van der Waals surface area contributed by atoms with Crippen LogP contribution < -0.4 is 10.1 Å². The second kappa shape index (κ2) is 8.50. The summed E-state index contributed by atoms with van der Waals surface area (Å²) >= 11 is 0. The molecule has 0 saturated carbocycles. The molecule has 3 N–H and O–H groups in total. The molecule has 28 heavy (non-hydrogen) atoms. The topological polar surface area (TPSA) is 91.9 Å². The first kappa shape index (κ1) is 20.0. The maximum atomic E-state index is 12.4. The second-order valence-electron chi connectivity index (χ2n) is 6.98. The maximum absolute atomic E-state index is 12.4. The third kappa shape index (κ3) is 4.38. The molecule has 6 nitrogen and oxygen atoms in total. The van der Waals surface area contributed by atoms with Crippen molar-refractivity contribution in [3.05, 3.63) is 64.9 Å². The summed E-state index contributed by atoms with van der Waals surface area (Å²) in [6.07, 6.45) is 2.01. The molecular weight excluding hydrogens is 357 g/mol. The summed E-state index contributed by atoms with van der Waals surface area (Å²) in [5, 5.41) is 23.2. The predicted molar refractivity (Wildman–Crippen MR) is 108 cm³/mol. The summed E-state index contributed by atoms with van der Waals surface area (Å²) in [7, 11) is -0.104. The first-order valence-corrected chi connectivity index (χ1v) is 9.13. The number of rotatable bonds is 7. The van der Waals surface area contributed by atoms with Crippen LogP contribution >= 0.6 is 0 Å². The lowest BCUT2D eigenvalue weighted by molar-refractivity contribution is -0.120. The third-order valence-corrected chi connectivity index (χ3v) is 4.87. The van der Waals surface area contributed by atoms with E-state index in [1.54, 1.807) is 37.6 Å². The molecule has 0 bridgehead atoms. The molecule has 0 spiro atoms. The monoisotopic (exact) mass is 381 g/mol. The van der Waals surface area contributed by atoms with Crippen molar-refractivity contribution >= 4 is 24.0 Å². The van der Waals surface area contributed by atoms with E-state index in [0.717, 1.165) is 33.2 Å². The van der Waals surface area contributed by atoms with Crippen LogP contribution in [0.2, 0.25) is 0 Å². The van der Waals surface area contributed by atoms with E-state index in [1.165, 1.54) is 0 Å². The minimum absolute atomic E-state index is 0.136. The van der Waals surface area contributed by atoms with E-state index in [-0.39, 0.29) is 18.7 Å². The average molecular weight is 381 g/mol. The Morgan fingerprint density at radius 2 is 1.82 bits per heavy atom. The highest BCUT2D eigenvalue weighted by Crippen LogP contribution is 2.28.